The molecule has 1 atom stereocenters. The topological polar surface area (TPSA) is 29.5 Å². The van der Waals surface area contributed by atoms with Gasteiger partial charge in [0.15, 0.2) is 0 Å². The molecule has 0 spiro atoms. The summed E-state index contributed by atoms with van der Waals surface area (Å²) < 4.78 is 5.51. The fourth-order valence-electron chi connectivity index (χ4n) is 0.594. The highest BCUT2D eigenvalue weighted by Crippen LogP contribution is 2.36. The fourth-order valence-corrected chi connectivity index (χ4v) is 1.39. The highest BCUT2D eigenvalue weighted by molar-refractivity contribution is 7.96. The van der Waals surface area contributed by atoms with E-state index in [9.17, 15) is 5.11 Å². The Morgan fingerprint density at radius 2 is 1.69 bits per heavy atom. The van der Waals surface area contributed by atoms with Gasteiger partial charge in [-0.15, -0.1) is 12.6 Å². The lowest BCUT2D eigenvalue weighted by atomic mass is 10.2. The van der Waals surface area contributed by atoms with Gasteiger partial charge in [0.1, 0.15) is 9.87 Å². The van der Waals surface area contributed by atoms with Crippen molar-refractivity contribution in [1.82, 2.24) is 0 Å². The lowest BCUT2D eigenvalue weighted by Crippen LogP contribution is -2.26. The van der Waals surface area contributed by atoms with E-state index in [1.165, 1.54) is 0 Å². The van der Waals surface area contributed by atoms with Crippen LogP contribution >= 0.6 is 24.7 Å². The Balaban J connectivity index is 3.99. The molecule has 1 N–H and O–H groups in total. The molecule has 0 fully saturated rings. The van der Waals surface area contributed by atoms with Crippen molar-refractivity contribution in [3.05, 3.63) is 0 Å². The van der Waals surface area contributed by atoms with Crippen LogP contribution in [-0.2, 0) is 4.18 Å². The summed E-state index contributed by atoms with van der Waals surface area (Å²) in [6.07, 6.45) is 2.33. The largest absolute Gasteiger partial charge is 0.377 e. The first-order valence-electron chi connectivity index (χ1n) is 4.70. The van der Waals surface area contributed by atoms with Gasteiger partial charge < -0.3 is 5.11 Å². The van der Waals surface area contributed by atoms with Gasteiger partial charge in [-0.25, -0.2) is 0 Å². The van der Waals surface area contributed by atoms with Gasteiger partial charge in [0, 0.05) is 12.0 Å². The lowest BCUT2D eigenvalue weighted by Gasteiger charge is -2.29. The van der Waals surface area contributed by atoms with Crippen LogP contribution in [0.4, 0.5) is 0 Å². The number of aliphatic hydroxyl groups is 1. The van der Waals surface area contributed by atoms with Crippen LogP contribution in [0.3, 0.4) is 0 Å². The third-order valence-electron chi connectivity index (χ3n) is 2.14. The van der Waals surface area contributed by atoms with Crippen molar-refractivity contribution in [3.63, 3.8) is 0 Å². The number of thiol groups is 1. The molecule has 4 heteroatoms. The quantitative estimate of drug-likeness (QED) is 0.412. The lowest BCUT2D eigenvalue weighted by molar-refractivity contribution is 0.122. The molecule has 0 aliphatic rings. The Labute approximate surface area is 91.1 Å². The second-order valence-corrected chi connectivity index (χ2v) is 5.38. The molecule has 0 aliphatic carbocycles. The Morgan fingerprint density at radius 3 is 2.00 bits per heavy atom. The summed E-state index contributed by atoms with van der Waals surface area (Å²) in [6, 6.07) is 0. The van der Waals surface area contributed by atoms with E-state index in [1.807, 2.05) is 20.8 Å². The van der Waals surface area contributed by atoms with E-state index >= 15 is 0 Å². The maximum absolute atomic E-state index is 9.68. The molecule has 13 heavy (non-hydrogen) atoms. The number of hydrogen-bond acceptors (Lipinski definition) is 4. The van der Waals surface area contributed by atoms with Crippen molar-refractivity contribution in [2.75, 3.05) is 0 Å². The van der Waals surface area contributed by atoms with Crippen molar-refractivity contribution in [3.8, 4) is 0 Å². The van der Waals surface area contributed by atoms with Crippen molar-refractivity contribution in [2.45, 2.75) is 56.8 Å². The molecular weight excluding hydrogens is 204 g/mol. The van der Waals surface area contributed by atoms with Gasteiger partial charge in [0.05, 0.1) is 0 Å². The van der Waals surface area contributed by atoms with Crippen LogP contribution in [0.25, 0.3) is 0 Å². The highest BCUT2D eigenvalue weighted by atomic mass is 32.2. The van der Waals surface area contributed by atoms with E-state index < -0.39 is 9.87 Å². The van der Waals surface area contributed by atoms with Crippen molar-refractivity contribution >= 4 is 24.7 Å². The SMILES string of the molecule is CCC(S)(CC)OSC(C)(O)CC. The Bertz CT molecular complexity index is 145. The van der Waals surface area contributed by atoms with Crippen LogP contribution < -0.4 is 0 Å². The summed E-state index contributed by atoms with van der Waals surface area (Å²) in [5, 5.41) is 9.68. The van der Waals surface area contributed by atoms with Gasteiger partial charge in [0.2, 0.25) is 0 Å². The van der Waals surface area contributed by atoms with Gasteiger partial charge in [-0.05, 0) is 26.2 Å². The molecule has 0 aromatic heterocycles. The van der Waals surface area contributed by atoms with E-state index in [-0.39, 0.29) is 0 Å². The molecule has 0 aliphatic heterocycles. The first kappa shape index (κ1) is 13.6. The van der Waals surface area contributed by atoms with Crippen LogP contribution in [0.1, 0.15) is 47.0 Å². The summed E-state index contributed by atoms with van der Waals surface area (Å²) in [5.74, 6) is 0. The minimum Gasteiger partial charge on any atom is -0.377 e. The minimum atomic E-state index is -0.807. The first-order chi connectivity index (χ1) is 5.89. The minimum absolute atomic E-state index is 0.413. The van der Waals surface area contributed by atoms with Gasteiger partial charge >= 0.3 is 0 Å². The molecule has 0 aromatic carbocycles. The summed E-state index contributed by atoms with van der Waals surface area (Å²) in [7, 11) is 0. The summed E-state index contributed by atoms with van der Waals surface area (Å²) in [6.45, 7) is 7.72. The second-order valence-electron chi connectivity index (χ2n) is 3.35. The predicted octanol–water partition coefficient (Wildman–Crippen LogP) is 3.22. The molecule has 0 saturated carbocycles. The van der Waals surface area contributed by atoms with E-state index in [4.69, 9.17) is 4.18 Å². The fraction of sp³-hybridized carbons (Fsp3) is 1.00. The van der Waals surface area contributed by atoms with Crippen molar-refractivity contribution in [2.24, 2.45) is 0 Å². The molecule has 80 valence electrons. The van der Waals surface area contributed by atoms with Gasteiger partial charge in [0.25, 0.3) is 0 Å². The molecular formula is C9H20O2S2. The molecule has 0 saturated heterocycles. The zero-order valence-corrected chi connectivity index (χ0v) is 10.5. The Kier molecular flexibility index (Phi) is 5.75. The van der Waals surface area contributed by atoms with Crippen LogP contribution in [0.5, 0.6) is 0 Å². The van der Waals surface area contributed by atoms with Crippen molar-refractivity contribution in [1.29, 1.82) is 0 Å². The first-order valence-corrected chi connectivity index (χ1v) is 5.89. The molecule has 1 unspecified atom stereocenters. The number of hydrogen-bond donors (Lipinski definition) is 2. The molecule has 0 amide bonds. The standard InChI is InChI=1S/C9H20O2S2/c1-5-8(4,10)13-11-9(12,6-2)7-3/h10,12H,5-7H2,1-4H3. The average Bonchev–Trinajstić information content (AvgIpc) is 2.14. The predicted molar refractivity (Wildman–Crippen MR) is 61.9 cm³/mol. The average molecular weight is 224 g/mol. The van der Waals surface area contributed by atoms with Crippen LogP contribution in [0.15, 0.2) is 0 Å². The molecule has 0 bridgehead atoms. The monoisotopic (exact) mass is 224 g/mol. The smallest absolute Gasteiger partial charge is 0.132 e. The van der Waals surface area contributed by atoms with E-state index in [0.717, 1.165) is 24.9 Å². The number of rotatable bonds is 6. The Hall–Kier alpha value is 0.620. The maximum Gasteiger partial charge on any atom is 0.132 e. The third-order valence-corrected chi connectivity index (χ3v) is 4.03. The molecule has 0 rings (SSSR count). The van der Waals surface area contributed by atoms with Crippen LogP contribution in [0, 0.1) is 0 Å². The van der Waals surface area contributed by atoms with E-state index in [2.05, 4.69) is 12.6 Å². The summed E-state index contributed by atoms with van der Waals surface area (Å²) in [5.41, 5.74) is 0. The molecule has 0 heterocycles. The molecule has 2 nitrogen and oxygen atoms in total. The maximum atomic E-state index is 9.68. The van der Waals surface area contributed by atoms with Crippen molar-refractivity contribution < 1.29 is 9.29 Å². The third kappa shape index (κ3) is 5.15. The molecule has 0 radical (unpaired) electrons. The Morgan fingerprint density at radius 1 is 1.23 bits per heavy atom. The van der Waals surface area contributed by atoms with Gasteiger partial charge in [-0.2, -0.15) is 0 Å². The van der Waals surface area contributed by atoms with Crippen LogP contribution in [0.2, 0.25) is 0 Å². The second kappa shape index (κ2) is 5.49. The van der Waals surface area contributed by atoms with Gasteiger partial charge in [-0.1, -0.05) is 20.8 Å². The zero-order valence-electron chi connectivity index (χ0n) is 8.83. The summed E-state index contributed by atoms with van der Waals surface area (Å²) >= 11 is 5.53. The van der Waals surface area contributed by atoms with E-state index in [0.29, 0.717) is 6.42 Å². The van der Waals surface area contributed by atoms with Gasteiger partial charge in [-0.3, -0.25) is 4.18 Å². The van der Waals surface area contributed by atoms with Crippen LogP contribution in [-0.4, -0.2) is 15.0 Å². The highest BCUT2D eigenvalue weighted by Gasteiger charge is 2.28. The normalized spacial score (nSPS) is 17.1. The zero-order chi connectivity index (χ0) is 10.5. The summed E-state index contributed by atoms with van der Waals surface area (Å²) in [4.78, 5) is -1.22. The van der Waals surface area contributed by atoms with E-state index in [1.54, 1.807) is 6.92 Å². The molecule has 0 aromatic rings.